The van der Waals surface area contributed by atoms with E-state index in [2.05, 4.69) is 16.9 Å². The van der Waals surface area contributed by atoms with Crippen molar-refractivity contribution in [2.75, 3.05) is 0 Å². The number of aromatic nitrogens is 4. The molecular formula is C13H20N4O2. The molecule has 0 atom stereocenters. The Balaban J connectivity index is 2.23. The van der Waals surface area contributed by atoms with E-state index in [1.54, 1.807) is 22.5 Å². The van der Waals surface area contributed by atoms with Gasteiger partial charge in [-0.25, -0.2) is 9.78 Å². The molecule has 0 aromatic carbocycles. The van der Waals surface area contributed by atoms with Crippen LogP contribution in [-0.4, -0.2) is 19.1 Å². The zero-order valence-corrected chi connectivity index (χ0v) is 11.5. The third-order valence-electron chi connectivity index (χ3n) is 3.34. The van der Waals surface area contributed by atoms with Crippen molar-refractivity contribution in [1.82, 2.24) is 19.1 Å². The lowest BCUT2D eigenvalue weighted by Crippen LogP contribution is -2.31. The van der Waals surface area contributed by atoms with Gasteiger partial charge in [0, 0.05) is 13.6 Å². The number of hydrogen-bond acceptors (Lipinski definition) is 3. The molecule has 0 amide bonds. The molecule has 2 aromatic heterocycles. The van der Waals surface area contributed by atoms with Gasteiger partial charge < -0.3 is 4.57 Å². The van der Waals surface area contributed by atoms with Gasteiger partial charge in [0.2, 0.25) is 0 Å². The second kappa shape index (κ2) is 5.86. The predicted octanol–water partition coefficient (Wildman–Crippen LogP) is 1.39. The van der Waals surface area contributed by atoms with Gasteiger partial charge >= 0.3 is 5.69 Å². The molecule has 1 N–H and O–H groups in total. The predicted molar refractivity (Wildman–Crippen MR) is 74.4 cm³/mol. The van der Waals surface area contributed by atoms with E-state index in [9.17, 15) is 9.59 Å². The van der Waals surface area contributed by atoms with E-state index in [-0.39, 0.29) is 11.2 Å². The van der Waals surface area contributed by atoms with Crippen LogP contribution in [-0.2, 0) is 13.6 Å². The molecule has 0 saturated carbocycles. The lowest BCUT2D eigenvalue weighted by Gasteiger charge is -2.06. The second-order valence-corrected chi connectivity index (χ2v) is 4.85. The Morgan fingerprint density at radius 1 is 1.21 bits per heavy atom. The van der Waals surface area contributed by atoms with Crippen LogP contribution in [0.3, 0.4) is 0 Å². The van der Waals surface area contributed by atoms with E-state index in [0.717, 1.165) is 12.8 Å². The summed E-state index contributed by atoms with van der Waals surface area (Å²) in [7, 11) is 1.75. The molecule has 2 heterocycles. The van der Waals surface area contributed by atoms with E-state index >= 15 is 0 Å². The number of H-pyrrole nitrogens is 1. The summed E-state index contributed by atoms with van der Waals surface area (Å²) in [5.41, 5.74) is 0.189. The lowest BCUT2D eigenvalue weighted by atomic mass is 10.1. The summed E-state index contributed by atoms with van der Waals surface area (Å²) in [5, 5.41) is 0. The van der Waals surface area contributed by atoms with Crippen molar-refractivity contribution in [2.45, 2.75) is 45.6 Å². The third-order valence-corrected chi connectivity index (χ3v) is 3.34. The van der Waals surface area contributed by atoms with Crippen LogP contribution in [0.5, 0.6) is 0 Å². The monoisotopic (exact) mass is 264 g/mol. The lowest BCUT2D eigenvalue weighted by molar-refractivity contribution is 0.559. The maximum Gasteiger partial charge on any atom is 0.330 e. The van der Waals surface area contributed by atoms with Crippen molar-refractivity contribution in [3.63, 3.8) is 0 Å². The maximum absolute atomic E-state index is 11.8. The van der Waals surface area contributed by atoms with Gasteiger partial charge in [0.15, 0.2) is 11.2 Å². The minimum absolute atomic E-state index is 0.369. The number of hydrogen-bond donors (Lipinski definition) is 1. The average Bonchev–Trinajstić information content (AvgIpc) is 2.75. The molecule has 0 aliphatic carbocycles. The van der Waals surface area contributed by atoms with Crippen LogP contribution < -0.4 is 11.2 Å². The quantitative estimate of drug-likeness (QED) is 0.801. The summed E-state index contributed by atoms with van der Waals surface area (Å²) in [4.78, 5) is 30.1. The number of imidazole rings is 1. The molecular weight excluding hydrogens is 244 g/mol. The molecule has 104 valence electrons. The molecule has 0 unspecified atom stereocenters. The Hall–Kier alpha value is -1.85. The highest BCUT2D eigenvalue weighted by Crippen LogP contribution is 2.07. The number of unbranched alkanes of at least 4 members (excludes halogenated alkanes) is 4. The first-order valence-electron chi connectivity index (χ1n) is 6.79. The fraction of sp³-hybridized carbons (Fsp3) is 0.615. The second-order valence-electron chi connectivity index (χ2n) is 4.85. The summed E-state index contributed by atoms with van der Waals surface area (Å²) in [6.45, 7) is 2.77. The highest BCUT2D eigenvalue weighted by atomic mass is 16.2. The first-order chi connectivity index (χ1) is 9.15. The van der Waals surface area contributed by atoms with Crippen LogP contribution in [0, 0.1) is 0 Å². The molecule has 0 spiro atoms. The number of aryl methyl sites for hydroxylation is 2. The van der Waals surface area contributed by atoms with E-state index in [1.165, 1.54) is 19.3 Å². The Morgan fingerprint density at radius 2 is 1.95 bits per heavy atom. The maximum atomic E-state index is 11.8. The summed E-state index contributed by atoms with van der Waals surface area (Å²) >= 11 is 0. The number of nitrogens with zero attached hydrogens (tertiary/aromatic N) is 3. The van der Waals surface area contributed by atoms with Crippen LogP contribution in [0.1, 0.15) is 39.0 Å². The van der Waals surface area contributed by atoms with Gasteiger partial charge in [-0.2, -0.15) is 0 Å². The molecule has 0 fully saturated rings. The van der Waals surface area contributed by atoms with Gasteiger partial charge in [-0.3, -0.25) is 14.3 Å². The first kappa shape index (κ1) is 13.6. The van der Waals surface area contributed by atoms with E-state index in [0.29, 0.717) is 17.7 Å². The van der Waals surface area contributed by atoms with Crippen molar-refractivity contribution in [1.29, 1.82) is 0 Å². The Labute approximate surface area is 111 Å². The van der Waals surface area contributed by atoms with Crippen LogP contribution in [0.15, 0.2) is 15.9 Å². The summed E-state index contributed by atoms with van der Waals surface area (Å²) < 4.78 is 3.20. The van der Waals surface area contributed by atoms with Gasteiger partial charge in [-0.1, -0.05) is 32.6 Å². The molecule has 6 heteroatoms. The Morgan fingerprint density at radius 3 is 2.68 bits per heavy atom. The highest BCUT2D eigenvalue weighted by molar-refractivity contribution is 5.69. The van der Waals surface area contributed by atoms with Crippen LogP contribution in [0.4, 0.5) is 0 Å². The van der Waals surface area contributed by atoms with E-state index < -0.39 is 0 Å². The van der Waals surface area contributed by atoms with E-state index in [1.807, 2.05) is 0 Å². The van der Waals surface area contributed by atoms with Crippen molar-refractivity contribution in [2.24, 2.45) is 7.05 Å². The molecule has 0 radical (unpaired) electrons. The van der Waals surface area contributed by atoms with Crippen molar-refractivity contribution >= 4 is 11.2 Å². The number of rotatable bonds is 6. The normalized spacial score (nSPS) is 11.3. The van der Waals surface area contributed by atoms with E-state index in [4.69, 9.17) is 0 Å². The Kier molecular flexibility index (Phi) is 4.19. The summed E-state index contributed by atoms with van der Waals surface area (Å²) in [6.07, 6.45) is 7.18. The zero-order chi connectivity index (χ0) is 13.8. The molecule has 0 bridgehead atoms. The topological polar surface area (TPSA) is 72.7 Å². The number of nitrogens with one attached hydrogen (secondary N) is 1. The molecule has 6 nitrogen and oxygen atoms in total. The summed E-state index contributed by atoms with van der Waals surface area (Å²) in [5.74, 6) is 0. The molecule has 2 aromatic rings. The highest BCUT2D eigenvalue weighted by Gasteiger charge is 2.11. The average molecular weight is 264 g/mol. The number of fused-ring (bicyclic) bond motifs is 1. The summed E-state index contributed by atoms with van der Waals surface area (Å²) in [6, 6.07) is 0. The standard InChI is InChI=1S/C13H20N4O2/c1-3-4-5-6-7-8-17-11-10(16(2)9-14-11)12(18)15-13(17)19/h9H,3-8H2,1-2H3,(H,15,18,19). The van der Waals surface area contributed by atoms with Gasteiger partial charge in [-0.05, 0) is 6.42 Å². The zero-order valence-electron chi connectivity index (χ0n) is 11.5. The molecule has 2 rings (SSSR count). The van der Waals surface area contributed by atoms with Crippen molar-refractivity contribution < 1.29 is 0 Å². The van der Waals surface area contributed by atoms with Gasteiger partial charge in [0.25, 0.3) is 5.56 Å². The first-order valence-corrected chi connectivity index (χ1v) is 6.79. The van der Waals surface area contributed by atoms with Crippen LogP contribution in [0.25, 0.3) is 11.2 Å². The SMILES string of the molecule is CCCCCCCn1c(=O)[nH]c(=O)c2c1ncn2C. The molecule has 19 heavy (non-hydrogen) atoms. The van der Waals surface area contributed by atoms with Crippen LogP contribution >= 0.6 is 0 Å². The molecule has 0 saturated heterocycles. The number of aromatic amines is 1. The fourth-order valence-corrected chi connectivity index (χ4v) is 2.28. The van der Waals surface area contributed by atoms with Gasteiger partial charge in [0.1, 0.15) is 0 Å². The van der Waals surface area contributed by atoms with Gasteiger partial charge in [-0.15, -0.1) is 0 Å². The van der Waals surface area contributed by atoms with Crippen molar-refractivity contribution in [3.05, 3.63) is 27.2 Å². The molecule has 0 aliphatic heterocycles. The minimum atomic E-state index is -0.373. The Bertz CT molecular complexity index is 665. The minimum Gasteiger partial charge on any atom is -0.328 e. The fourth-order valence-electron chi connectivity index (χ4n) is 2.28. The van der Waals surface area contributed by atoms with Crippen LogP contribution in [0.2, 0.25) is 0 Å². The van der Waals surface area contributed by atoms with Gasteiger partial charge in [0.05, 0.1) is 6.33 Å². The largest absolute Gasteiger partial charge is 0.330 e. The molecule has 0 aliphatic rings. The third kappa shape index (κ3) is 2.77. The van der Waals surface area contributed by atoms with Crippen molar-refractivity contribution in [3.8, 4) is 0 Å². The smallest absolute Gasteiger partial charge is 0.328 e.